The first-order chi connectivity index (χ1) is 12.4. The van der Waals surface area contributed by atoms with Gasteiger partial charge in [-0.05, 0) is 47.5 Å². The normalized spacial score (nSPS) is 11.8. The van der Waals surface area contributed by atoms with Crippen molar-refractivity contribution < 1.29 is 13.2 Å². The summed E-state index contributed by atoms with van der Waals surface area (Å²) >= 11 is 6.04. The van der Waals surface area contributed by atoms with Gasteiger partial charge < -0.3 is 0 Å². The molecule has 2 aromatic carbocycles. The number of fused-ring (bicyclic) bond motifs is 1. The molecule has 0 spiro atoms. The number of hydrogen-bond donors (Lipinski definition) is 0. The molecule has 0 bridgehead atoms. The van der Waals surface area contributed by atoms with E-state index in [-0.39, 0.29) is 0 Å². The fourth-order valence-corrected chi connectivity index (χ4v) is 2.95. The van der Waals surface area contributed by atoms with E-state index in [0.29, 0.717) is 27.6 Å². The average molecular weight is 374 g/mol. The van der Waals surface area contributed by atoms with Gasteiger partial charge in [0.25, 0.3) is 0 Å². The molecule has 4 rings (SSSR count). The smallest absolute Gasteiger partial charge is 0.282 e. The molecule has 26 heavy (non-hydrogen) atoms. The maximum absolute atomic E-state index is 13.0. The van der Waals surface area contributed by atoms with Crippen LogP contribution in [-0.4, -0.2) is 14.6 Å². The van der Waals surface area contributed by atoms with E-state index in [1.165, 1.54) is 6.07 Å². The summed E-state index contributed by atoms with van der Waals surface area (Å²) in [6.45, 7) is 0. The summed E-state index contributed by atoms with van der Waals surface area (Å²) in [6.07, 6.45) is -2.66. The summed E-state index contributed by atoms with van der Waals surface area (Å²) in [7, 11) is 0. The number of nitrogens with zero attached hydrogens (tertiary/aromatic N) is 3. The summed E-state index contributed by atoms with van der Waals surface area (Å²) < 4.78 is 40.7. The number of pyridine rings is 1. The van der Waals surface area contributed by atoms with Crippen molar-refractivity contribution in [3.05, 3.63) is 77.4 Å². The summed E-state index contributed by atoms with van der Waals surface area (Å²) in [6, 6.07) is 15.8. The molecular weight excluding hydrogens is 363 g/mol. The third kappa shape index (κ3) is 3.04. The van der Waals surface area contributed by atoms with Crippen molar-refractivity contribution in [2.75, 3.05) is 0 Å². The number of benzene rings is 2. The number of rotatable bonds is 2. The molecule has 0 aliphatic rings. The van der Waals surface area contributed by atoms with Gasteiger partial charge in [0, 0.05) is 16.8 Å². The zero-order chi connectivity index (χ0) is 18.3. The van der Waals surface area contributed by atoms with Crippen LogP contribution >= 0.6 is 11.6 Å². The number of hydrogen-bond acceptors (Lipinski definition) is 2. The van der Waals surface area contributed by atoms with Gasteiger partial charge in [-0.15, -0.1) is 10.2 Å². The van der Waals surface area contributed by atoms with Crippen LogP contribution in [0.25, 0.3) is 28.2 Å². The molecule has 0 aliphatic carbocycles. The van der Waals surface area contributed by atoms with Crippen molar-refractivity contribution >= 4 is 17.2 Å². The highest BCUT2D eigenvalue weighted by Gasteiger charge is 2.30. The minimum absolute atomic E-state index is 0.465. The zero-order valence-electron chi connectivity index (χ0n) is 13.2. The number of aromatic nitrogens is 3. The molecule has 0 atom stereocenters. The van der Waals surface area contributed by atoms with Gasteiger partial charge in [-0.2, -0.15) is 13.2 Å². The SMILES string of the molecule is FC(F)(F)c1cccc(-c2ccc3nnc(-c4cccc(Cl)c4)n3c2)c1. The lowest BCUT2D eigenvalue weighted by molar-refractivity contribution is -0.137. The van der Waals surface area contributed by atoms with Crippen LogP contribution in [0.2, 0.25) is 5.02 Å². The van der Waals surface area contributed by atoms with E-state index in [1.54, 1.807) is 47.0 Å². The average Bonchev–Trinajstić information content (AvgIpc) is 3.04. The minimum atomic E-state index is -4.39. The molecule has 2 heterocycles. The van der Waals surface area contributed by atoms with E-state index in [1.807, 2.05) is 6.07 Å². The van der Waals surface area contributed by atoms with Crippen molar-refractivity contribution in [2.45, 2.75) is 6.18 Å². The Hall–Kier alpha value is -2.86. The van der Waals surface area contributed by atoms with Gasteiger partial charge in [-0.25, -0.2) is 0 Å². The van der Waals surface area contributed by atoms with E-state index in [0.717, 1.165) is 17.7 Å². The van der Waals surface area contributed by atoms with E-state index < -0.39 is 11.7 Å². The Morgan fingerprint density at radius 2 is 1.58 bits per heavy atom. The fraction of sp³-hybridized carbons (Fsp3) is 0.0526. The van der Waals surface area contributed by atoms with Crippen LogP contribution in [0, 0.1) is 0 Å². The first-order valence-corrected chi connectivity index (χ1v) is 8.08. The molecular formula is C19H11ClF3N3. The van der Waals surface area contributed by atoms with Crippen molar-refractivity contribution in [2.24, 2.45) is 0 Å². The Balaban J connectivity index is 1.85. The van der Waals surface area contributed by atoms with Crippen molar-refractivity contribution in [1.82, 2.24) is 14.6 Å². The van der Waals surface area contributed by atoms with Gasteiger partial charge >= 0.3 is 6.18 Å². The maximum atomic E-state index is 13.0. The lowest BCUT2D eigenvalue weighted by Crippen LogP contribution is -2.04. The molecule has 0 fully saturated rings. The lowest BCUT2D eigenvalue weighted by atomic mass is 10.0. The largest absolute Gasteiger partial charge is 0.416 e. The second-order valence-electron chi connectivity index (χ2n) is 5.76. The molecule has 0 saturated heterocycles. The molecule has 7 heteroatoms. The highest BCUT2D eigenvalue weighted by molar-refractivity contribution is 6.30. The molecule has 2 aromatic heterocycles. The van der Waals surface area contributed by atoms with Crippen LogP contribution in [0.1, 0.15) is 5.56 Å². The first-order valence-electron chi connectivity index (χ1n) is 7.70. The fourth-order valence-electron chi connectivity index (χ4n) is 2.76. The quantitative estimate of drug-likeness (QED) is 0.449. The molecule has 0 unspecified atom stereocenters. The van der Waals surface area contributed by atoms with Crippen LogP contribution < -0.4 is 0 Å². The Bertz CT molecular complexity index is 1100. The Labute approximate surface area is 151 Å². The van der Waals surface area contributed by atoms with E-state index >= 15 is 0 Å². The number of alkyl halides is 3. The van der Waals surface area contributed by atoms with E-state index in [2.05, 4.69) is 10.2 Å². The Kier molecular flexibility index (Phi) is 3.92. The third-order valence-electron chi connectivity index (χ3n) is 4.01. The number of halogens is 4. The molecule has 3 nitrogen and oxygen atoms in total. The summed E-state index contributed by atoms with van der Waals surface area (Å²) in [4.78, 5) is 0. The molecule has 0 N–H and O–H groups in total. The summed E-state index contributed by atoms with van der Waals surface area (Å²) in [5.74, 6) is 0.566. The monoisotopic (exact) mass is 373 g/mol. The van der Waals surface area contributed by atoms with Crippen LogP contribution in [0.5, 0.6) is 0 Å². The van der Waals surface area contributed by atoms with Crippen LogP contribution in [0.15, 0.2) is 66.9 Å². The zero-order valence-corrected chi connectivity index (χ0v) is 14.0. The van der Waals surface area contributed by atoms with Crippen LogP contribution in [-0.2, 0) is 6.18 Å². The van der Waals surface area contributed by atoms with Gasteiger partial charge in [0.15, 0.2) is 11.5 Å². The molecule has 4 aromatic rings. The van der Waals surface area contributed by atoms with Crippen molar-refractivity contribution in [3.63, 3.8) is 0 Å². The molecule has 130 valence electrons. The second-order valence-corrected chi connectivity index (χ2v) is 6.19. The predicted molar refractivity (Wildman–Crippen MR) is 93.9 cm³/mol. The van der Waals surface area contributed by atoms with Gasteiger partial charge in [0.2, 0.25) is 0 Å². The topological polar surface area (TPSA) is 30.2 Å². The Morgan fingerprint density at radius 3 is 2.35 bits per heavy atom. The van der Waals surface area contributed by atoms with Gasteiger partial charge in [-0.3, -0.25) is 4.40 Å². The van der Waals surface area contributed by atoms with Gasteiger partial charge in [0.05, 0.1) is 5.56 Å². The molecule has 0 amide bonds. The summed E-state index contributed by atoms with van der Waals surface area (Å²) in [5, 5.41) is 8.84. The molecule has 0 aliphatic heterocycles. The highest BCUT2D eigenvalue weighted by atomic mass is 35.5. The first kappa shape index (κ1) is 16.6. The van der Waals surface area contributed by atoms with Crippen LogP contribution in [0.4, 0.5) is 13.2 Å². The van der Waals surface area contributed by atoms with Crippen molar-refractivity contribution in [3.8, 4) is 22.5 Å². The maximum Gasteiger partial charge on any atom is 0.416 e. The molecule has 0 saturated carbocycles. The standard InChI is InChI=1S/C19H11ClF3N3/c20-16-6-2-4-13(10-16)18-25-24-17-8-7-14(11-26(17)18)12-3-1-5-15(9-12)19(21,22)23/h1-11H. The van der Waals surface area contributed by atoms with Gasteiger partial charge in [0.1, 0.15) is 0 Å². The Morgan fingerprint density at radius 1 is 0.808 bits per heavy atom. The lowest BCUT2D eigenvalue weighted by Gasteiger charge is -2.09. The van der Waals surface area contributed by atoms with E-state index in [9.17, 15) is 13.2 Å². The summed E-state index contributed by atoms with van der Waals surface area (Å²) in [5.41, 5.74) is 1.77. The third-order valence-corrected chi connectivity index (χ3v) is 4.24. The van der Waals surface area contributed by atoms with E-state index in [4.69, 9.17) is 11.6 Å². The van der Waals surface area contributed by atoms with Gasteiger partial charge in [-0.1, -0.05) is 35.9 Å². The molecule has 0 radical (unpaired) electrons. The predicted octanol–water partition coefficient (Wildman–Crippen LogP) is 5.74. The minimum Gasteiger partial charge on any atom is -0.282 e. The van der Waals surface area contributed by atoms with Crippen molar-refractivity contribution in [1.29, 1.82) is 0 Å². The second kappa shape index (κ2) is 6.14. The van der Waals surface area contributed by atoms with Crippen LogP contribution in [0.3, 0.4) is 0 Å². The highest BCUT2D eigenvalue weighted by Crippen LogP contribution is 2.32.